The molecule has 0 aliphatic rings. The Kier molecular flexibility index (Phi) is 3.70. The van der Waals surface area contributed by atoms with E-state index < -0.39 is 6.10 Å². The fourth-order valence-electron chi connectivity index (χ4n) is 1.27. The van der Waals surface area contributed by atoms with E-state index in [0.29, 0.717) is 17.3 Å². The van der Waals surface area contributed by atoms with Crippen LogP contribution < -0.4 is 0 Å². The van der Waals surface area contributed by atoms with E-state index in [2.05, 4.69) is 20.5 Å². The normalized spacial score (nSPS) is 12.6. The third-order valence-electron chi connectivity index (χ3n) is 2.28. The van der Waals surface area contributed by atoms with Crippen molar-refractivity contribution in [3.63, 3.8) is 0 Å². The summed E-state index contributed by atoms with van der Waals surface area (Å²) in [5, 5.41) is 21.5. The topological polar surface area (TPSA) is 76.7 Å². The quantitative estimate of drug-likeness (QED) is 0.879. The van der Waals surface area contributed by atoms with Crippen LogP contribution in [0.25, 0.3) is 0 Å². The van der Waals surface area contributed by atoms with Gasteiger partial charge in [-0.25, -0.2) is 4.68 Å². The summed E-state index contributed by atoms with van der Waals surface area (Å²) < 4.78 is 1.60. The molecule has 0 amide bonds. The number of pyridine rings is 1. The van der Waals surface area contributed by atoms with Crippen molar-refractivity contribution in [1.82, 2.24) is 25.2 Å². The van der Waals surface area contributed by atoms with Crippen molar-refractivity contribution in [3.05, 3.63) is 24.0 Å². The Hall–Kier alpha value is -1.47. The first-order valence-corrected chi connectivity index (χ1v) is 6.06. The number of aromatic nitrogens is 5. The fourth-order valence-corrected chi connectivity index (χ4v) is 1.97. The summed E-state index contributed by atoms with van der Waals surface area (Å²) in [5.41, 5.74) is 0.688. The average molecular weight is 251 g/mol. The van der Waals surface area contributed by atoms with E-state index in [1.165, 1.54) is 11.8 Å². The number of hydrogen-bond donors (Lipinski definition) is 1. The highest BCUT2D eigenvalue weighted by molar-refractivity contribution is 7.99. The largest absolute Gasteiger partial charge is 0.387 e. The van der Waals surface area contributed by atoms with E-state index in [-0.39, 0.29) is 0 Å². The molecule has 0 aliphatic carbocycles. The maximum absolute atomic E-state index is 9.62. The van der Waals surface area contributed by atoms with Gasteiger partial charge in [-0.3, -0.25) is 4.98 Å². The molecule has 2 heterocycles. The van der Waals surface area contributed by atoms with E-state index in [4.69, 9.17) is 0 Å². The zero-order chi connectivity index (χ0) is 12.3. The number of aliphatic hydroxyl groups is 1. The lowest BCUT2D eigenvalue weighted by molar-refractivity contribution is 0.169. The number of nitrogens with zero attached hydrogens (tertiary/aromatic N) is 5. The second-order valence-electron chi connectivity index (χ2n) is 3.53. The van der Waals surface area contributed by atoms with Crippen molar-refractivity contribution in [3.8, 4) is 0 Å². The summed E-state index contributed by atoms with van der Waals surface area (Å²) in [6, 6.07) is 3.72. The minimum atomic E-state index is -0.495. The Morgan fingerprint density at radius 3 is 2.82 bits per heavy atom. The van der Waals surface area contributed by atoms with Crippen molar-refractivity contribution in [1.29, 1.82) is 0 Å². The van der Waals surface area contributed by atoms with E-state index in [0.717, 1.165) is 4.90 Å². The van der Waals surface area contributed by atoms with Gasteiger partial charge in [0.2, 0.25) is 5.16 Å². The van der Waals surface area contributed by atoms with Crippen molar-refractivity contribution in [2.45, 2.75) is 29.5 Å². The predicted molar refractivity (Wildman–Crippen MR) is 62.4 cm³/mol. The molecule has 0 unspecified atom stereocenters. The average Bonchev–Trinajstić information content (AvgIpc) is 2.75. The molecule has 90 valence electrons. The van der Waals surface area contributed by atoms with Gasteiger partial charge in [0.25, 0.3) is 0 Å². The zero-order valence-corrected chi connectivity index (χ0v) is 10.4. The highest BCUT2D eigenvalue weighted by atomic mass is 32.2. The molecule has 0 aromatic carbocycles. The summed E-state index contributed by atoms with van der Waals surface area (Å²) in [7, 11) is 1.78. The van der Waals surface area contributed by atoms with E-state index in [1.54, 1.807) is 17.9 Å². The Morgan fingerprint density at radius 2 is 2.29 bits per heavy atom. The molecule has 6 nitrogen and oxygen atoms in total. The highest BCUT2D eigenvalue weighted by Gasteiger charge is 2.08. The molecule has 2 rings (SSSR count). The SMILES string of the molecule is CC[C@@H](O)c1ccc(Sc2nnnn2C)cn1. The van der Waals surface area contributed by atoms with Gasteiger partial charge in [0.15, 0.2) is 0 Å². The summed E-state index contributed by atoms with van der Waals surface area (Å²) in [6.07, 6.45) is 1.88. The standard InChI is InChI=1S/C10H13N5OS/c1-3-9(16)8-5-4-7(6-11-8)17-10-12-13-14-15(10)2/h4-6,9,16H,3H2,1-2H3/t9-/m1/s1. The van der Waals surface area contributed by atoms with Crippen LogP contribution in [0.1, 0.15) is 25.1 Å². The van der Waals surface area contributed by atoms with Gasteiger partial charge >= 0.3 is 0 Å². The summed E-state index contributed by atoms with van der Waals surface area (Å²) in [5.74, 6) is 0. The van der Waals surface area contributed by atoms with Crippen molar-refractivity contribution in [2.24, 2.45) is 7.05 Å². The van der Waals surface area contributed by atoms with Crippen LogP contribution in [0.4, 0.5) is 0 Å². The van der Waals surface area contributed by atoms with Crippen LogP contribution in [0, 0.1) is 0 Å². The molecule has 0 saturated heterocycles. The van der Waals surface area contributed by atoms with E-state index >= 15 is 0 Å². The van der Waals surface area contributed by atoms with Crippen molar-refractivity contribution in [2.75, 3.05) is 0 Å². The number of rotatable bonds is 4. The van der Waals surface area contributed by atoms with Gasteiger partial charge in [0, 0.05) is 18.1 Å². The first-order chi connectivity index (χ1) is 8.20. The highest BCUT2D eigenvalue weighted by Crippen LogP contribution is 2.25. The number of aryl methyl sites for hydroxylation is 1. The molecule has 0 saturated carbocycles. The van der Waals surface area contributed by atoms with Gasteiger partial charge < -0.3 is 5.11 Å². The van der Waals surface area contributed by atoms with Crippen LogP contribution in [-0.2, 0) is 7.05 Å². The molecule has 2 aromatic rings. The lowest BCUT2D eigenvalue weighted by Gasteiger charge is -2.07. The second-order valence-corrected chi connectivity index (χ2v) is 4.57. The van der Waals surface area contributed by atoms with Crippen molar-refractivity contribution < 1.29 is 5.11 Å². The molecule has 0 bridgehead atoms. The maximum atomic E-state index is 9.62. The van der Waals surface area contributed by atoms with Gasteiger partial charge in [-0.05, 0) is 40.7 Å². The number of hydrogen-bond acceptors (Lipinski definition) is 6. The van der Waals surface area contributed by atoms with Crippen LogP contribution in [-0.4, -0.2) is 30.3 Å². The molecule has 1 atom stereocenters. The van der Waals surface area contributed by atoms with Gasteiger partial charge in [-0.2, -0.15) is 0 Å². The van der Waals surface area contributed by atoms with Crippen LogP contribution in [0.15, 0.2) is 28.4 Å². The van der Waals surface area contributed by atoms with E-state index in [1.807, 2.05) is 19.1 Å². The molecular weight excluding hydrogens is 238 g/mol. The first kappa shape index (κ1) is 12.0. The van der Waals surface area contributed by atoms with Gasteiger partial charge in [-0.15, -0.1) is 5.10 Å². The molecule has 0 radical (unpaired) electrons. The molecular formula is C10H13N5OS. The molecule has 1 N–H and O–H groups in total. The van der Waals surface area contributed by atoms with Crippen LogP contribution >= 0.6 is 11.8 Å². The molecule has 17 heavy (non-hydrogen) atoms. The minimum absolute atomic E-state index is 0.495. The molecule has 0 spiro atoms. The first-order valence-electron chi connectivity index (χ1n) is 5.25. The van der Waals surface area contributed by atoms with Crippen LogP contribution in [0.3, 0.4) is 0 Å². The zero-order valence-electron chi connectivity index (χ0n) is 9.61. The fraction of sp³-hybridized carbons (Fsp3) is 0.400. The Bertz CT molecular complexity index is 484. The number of tetrazole rings is 1. The summed E-state index contributed by atoms with van der Waals surface area (Å²) in [4.78, 5) is 5.15. The third-order valence-corrected chi connectivity index (χ3v) is 3.28. The summed E-state index contributed by atoms with van der Waals surface area (Å²) in [6.45, 7) is 1.92. The molecule has 7 heteroatoms. The smallest absolute Gasteiger partial charge is 0.213 e. The molecule has 0 aliphatic heterocycles. The Balaban J connectivity index is 2.11. The maximum Gasteiger partial charge on any atom is 0.213 e. The van der Waals surface area contributed by atoms with Gasteiger partial charge in [-0.1, -0.05) is 6.92 Å². The predicted octanol–water partition coefficient (Wildman–Crippen LogP) is 1.20. The van der Waals surface area contributed by atoms with Gasteiger partial charge in [0.1, 0.15) is 0 Å². The third kappa shape index (κ3) is 2.80. The van der Waals surface area contributed by atoms with Crippen LogP contribution in [0.2, 0.25) is 0 Å². The minimum Gasteiger partial charge on any atom is -0.387 e. The second kappa shape index (κ2) is 5.24. The molecule has 2 aromatic heterocycles. The van der Waals surface area contributed by atoms with E-state index in [9.17, 15) is 5.11 Å². The van der Waals surface area contributed by atoms with Crippen molar-refractivity contribution >= 4 is 11.8 Å². The number of aliphatic hydroxyl groups excluding tert-OH is 1. The lowest BCUT2D eigenvalue weighted by Crippen LogP contribution is -1.98. The van der Waals surface area contributed by atoms with Gasteiger partial charge in [0.05, 0.1) is 11.8 Å². The Labute approximate surface area is 103 Å². The molecule has 0 fully saturated rings. The Morgan fingerprint density at radius 1 is 1.47 bits per heavy atom. The monoisotopic (exact) mass is 251 g/mol. The lowest BCUT2D eigenvalue weighted by atomic mass is 10.2. The summed E-state index contributed by atoms with van der Waals surface area (Å²) >= 11 is 1.43. The van der Waals surface area contributed by atoms with Crippen LogP contribution in [0.5, 0.6) is 0 Å².